The van der Waals surface area contributed by atoms with Gasteiger partial charge in [0.25, 0.3) is 0 Å². The summed E-state index contributed by atoms with van der Waals surface area (Å²) in [4.78, 5) is 11.4. The molecule has 3 heteroatoms. The zero-order valence-corrected chi connectivity index (χ0v) is 12.6. The van der Waals surface area contributed by atoms with Crippen LogP contribution < -0.4 is 10.6 Å². The van der Waals surface area contributed by atoms with E-state index in [1.165, 1.54) is 11.1 Å². The molecule has 0 heterocycles. The number of amides is 1. The molecule has 110 valence electrons. The average Bonchev–Trinajstić information content (AvgIpc) is 3.24. The van der Waals surface area contributed by atoms with Crippen LogP contribution in [-0.2, 0) is 17.8 Å². The molecule has 3 nitrogen and oxygen atoms in total. The van der Waals surface area contributed by atoms with E-state index in [1.807, 2.05) is 0 Å². The highest BCUT2D eigenvalue weighted by Crippen LogP contribution is 2.28. The van der Waals surface area contributed by atoms with E-state index in [0.717, 1.165) is 38.9 Å². The van der Waals surface area contributed by atoms with E-state index in [1.54, 1.807) is 0 Å². The summed E-state index contributed by atoms with van der Waals surface area (Å²) >= 11 is 0. The first-order valence-electron chi connectivity index (χ1n) is 7.71. The van der Waals surface area contributed by atoms with Gasteiger partial charge in [-0.05, 0) is 36.3 Å². The second kappa shape index (κ2) is 7.44. The summed E-state index contributed by atoms with van der Waals surface area (Å²) in [7, 11) is 0. The van der Waals surface area contributed by atoms with Gasteiger partial charge in [-0.25, -0.2) is 0 Å². The number of carbonyl (C=O) groups is 1. The lowest BCUT2D eigenvalue weighted by atomic mass is 10.0. The lowest BCUT2D eigenvalue weighted by Crippen LogP contribution is -2.32. The Bertz CT molecular complexity index is 421. The van der Waals surface area contributed by atoms with Gasteiger partial charge < -0.3 is 10.6 Å². The van der Waals surface area contributed by atoms with Crippen LogP contribution in [0.3, 0.4) is 0 Å². The van der Waals surface area contributed by atoms with Crippen LogP contribution in [0.2, 0.25) is 0 Å². The second-order valence-electron chi connectivity index (χ2n) is 6.16. The predicted octanol–water partition coefficient (Wildman–Crippen LogP) is 2.50. The fourth-order valence-corrected chi connectivity index (χ4v) is 2.26. The first-order chi connectivity index (χ1) is 9.65. The highest BCUT2D eigenvalue weighted by atomic mass is 16.2. The first kappa shape index (κ1) is 15.0. The summed E-state index contributed by atoms with van der Waals surface area (Å²) < 4.78 is 0. The number of hydrogen-bond acceptors (Lipinski definition) is 2. The molecule has 0 spiro atoms. The quantitative estimate of drug-likeness (QED) is 0.715. The summed E-state index contributed by atoms with van der Waals surface area (Å²) in [6.07, 6.45) is 3.28. The van der Waals surface area contributed by atoms with Gasteiger partial charge in [0, 0.05) is 25.6 Å². The molecule has 0 bridgehead atoms. The van der Waals surface area contributed by atoms with Gasteiger partial charge in [0.2, 0.25) is 5.91 Å². The van der Waals surface area contributed by atoms with Crippen LogP contribution in [0.5, 0.6) is 0 Å². The summed E-state index contributed by atoms with van der Waals surface area (Å²) in [6.45, 7) is 6.89. The van der Waals surface area contributed by atoms with Gasteiger partial charge in [0.15, 0.2) is 0 Å². The van der Waals surface area contributed by atoms with Gasteiger partial charge in [-0.2, -0.15) is 0 Å². The molecular weight excluding hydrogens is 248 g/mol. The minimum atomic E-state index is 0.227. The Balaban J connectivity index is 1.60. The zero-order chi connectivity index (χ0) is 14.4. The molecule has 0 radical (unpaired) electrons. The SMILES string of the molecule is CC(C)Cc1ccc(CNCCNC(=O)C2CC2)cc1. The molecule has 0 saturated heterocycles. The Morgan fingerprint density at radius 2 is 1.80 bits per heavy atom. The Morgan fingerprint density at radius 1 is 1.15 bits per heavy atom. The van der Waals surface area contributed by atoms with Crippen molar-refractivity contribution in [2.75, 3.05) is 13.1 Å². The van der Waals surface area contributed by atoms with E-state index < -0.39 is 0 Å². The number of benzene rings is 1. The van der Waals surface area contributed by atoms with Crippen LogP contribution in [-0.4, -0.2) is 19.0 Å². The summed E-state index contributed by atoms with van der Waals surface area (Å²) in [5, 5.41) is 6.32. The van der Waals surface area contributed by atoms with Crippen molar-refractivity contribution < 1.29 is 4.79 Å². The third-order valence-electron chi connectivity index (χ3n) is 3.55. The molecule has 1 aliphatic carbocycles. The molecule has 0 atom stereocenters. The van der Waals surface area contributed by atoms with Crippen molar-refractivity contribution in [3.8, 4) is 0 Å². The lowest BCUT2D eigenvalue weighted by Gasteiger charge is -2.08. The minimum absolute atomic E-state index is 0.227. The zero-order valence-electron chi connectivity index (χ0n) is 12.6. The molecule has 1 fully saturated rings. The maximum atomic E-state index is 11.4. The Kier molecular flexibility index (Phi) is 5.60. The first-order valence-corrected chi connectivity index (χ1v) is 7.71. The van der Waals surface area contributed by atoms with E-state index >= 15 is 0 Å². The third kappa shape index (κ3) is 5.33. The maximum Gasteiger partial charge on any atom is 0.223 e. The normalized spacial score (nSPS) is 14.6. The number of nitrogens with one attached hydrogen (secondary N) is 2. The molecule has 2 N–H and O–H groups in total. The molecule has 1 aromatic rings. The Labute approximate surface area is 122 Å². The lowest BCUT2D eigenvalue weighted by molar-refractivity contribution is -0.122. The van der Waals surface area contributed by atoms with Crippen molar-refractivity contribution in [3.05, 3.63) is 35.4 Å². The van der Waals surface area contributed by atoms with Crippen LogP contribution in [0.15, 0.2) is 24.3 Å². The smallest absolute Gasteiger partial charge is 0.223 e. The molecule has 1 aliphatic rings. The van der Waals surface area contributed by atoms with Crippen LogP contribution in [0, 0.1) is 11.8 Å². The maximum absolute atomic E-state index is 11.4. The number of rotatable bonds is 8. The van der Waals surface area contributed by atoms with Crippen molar-refractivity contribution in [3.63, 3.8) is 0 Å². The van der Waals surface area contributed by atoms with Gasteiger partial charge in [0.05, 0.1) is 0 Å². The monoisotopic (exact) mass is 274 g/mol. The van der Waals surface area contributed by atoms with E-state index in [2.05, 4.69) is 48.7 Å². The van der Waals surface area contributed by atoms with Gasteiger partial charge >= 0.3 is 0 Å². The van der Waals surface area contributed by atoms with Crippen molar-refractivity contribution in [2.45, 2.75) is 39.7 Å². The highest BCUT2D eigenvalue weighted by molar-refractivity contribution is 5.80. The number of hydrogen-bond donors (Lipinski definition) is 2. The fraction of sp³-hybridized carbons (Fsp3) is 0.588. The van der Waals surface area contributed by atoms with Crippen molar-refractivity contribution in [1.82, 2.24) is 10.6 Å². The minimum Gasteiger partial charge on any atom is -0.355 e. The highest BCUT2D eigenvalue weighted by Gasteiger charge is 2.28. The molecule has 20 heavy (non-hydrogen) atoms. The van der Waals surface area contributed by atoms with E-state index in [-0.39, 0.29) is 5.91 Å². The fourth-order valence-electron chi connectivity index (χ4n) is 2.26. The van der Waals surface area contributed by atoms with Crippen LogP contribution >= 0.6 is 0 Å². The molecule has 0 unspecified atom stereocenters. The van der Waals surface area contributed by atoms with E-state index in [9.17, 15) is 4.79 Å². The van der Waals surface area contributed by atoms with Crippen molar-refractivity contribution in [1.29, 1.82) is 0 Å². The Morgan fingerprint density at radius 3 is 2.40 bits per heavy atom. The largest absolute Gasteiger partial charge is 0.355 e. The van der Waals surface area contributed by atoms with Crippen LogP contribution in [0.4, 0.5) is 0 Å². The summed E-state index contributed by atoms with van der Waals surface area (Å²) in [5.41, 5.74) is 2.70. The Hall–Kier alpha value is -1.35. The van der Waals surface area contributed by atoms with Crippen molar-refractivity contribution in [2.24, 2.45) is 11.8 Å². The third-order valence-corrected chi connectivity index (χ3v) is 3.55. The molecule has 1 aromatic carbocycles. The number of carbonyl (C=O) groups excluding carboxylic acids is 1. The van der Waals surface area contributed by atoms with Crippen molar-refractivity contribution >= 4 is 5.91 Å². The summed E-state index contributed by atoms with van der Waals surface area (Å²) in [6, 6.07) is 8.80. The predicted molar refractivity (Wildman–Crippen MR) is 82.4 cm³/mol. The van der Waals surface area contributed by atoms with E-state index in [4.69, 9.17) is 0 Å². The van der Waals surface area contributed by atoms with Crippen LogP contribution in [0.25, 0.3) is 0 Å². The summed E-state index contributed by atoms with van der Waals surface area (Å²) in [5.74, 6) is 1.24. The van der Waals surface area contributed by atoms with E-state index in [0.29, 0.717) is 11.8 Å². The van der Waals surface area contributed by atoms with Gasteiger partial charge in [-0.1, -0.05) is 38.1 Å². The van der Waals surface area contributed by atoms with Gasteiger partial charge in [0.1, 0.15) is 0 Å². The topological polar surface area (TPSA) is 41.1 Å². The second-order valence-corrected chi connectivity index (χ2v) is 6.16. The molecule has 2 rings (SSSR count). The van der Waals surface area contributed by atoms with Crippen LogP contribution in [0.1, 0.15) is 37.8 Å². The van der Waals surface area contributed by atoms with Gasteiger partial charge in [-0.15, -0.1) is 0 Å². The standard InChI is InChI=1S/C17H26N2O/c1-13(2)11-14-3-5-15(6-4-14)12-18-9-10-19-17(20)16-7-8-16/h3-6,13,16,18H,7-12H2,1-2H3,(H,19,20). The average molecular weight is 274 g/mol. The van der Waals surface area contributed by atoms with Gasteiger partial charge in [-0.3, -0.25) is 4.79 Å². The molecule has 1 amide bonds. The molecule has 1 saturated carbocycles. The molecular formula is C17H26N2O. The molecule has 0 aliphatic heterocycles. The molecule has 0 aromatic heterocycles.